The van der Waals surface area contributed by atoms with E-state index in [1.807, 2.05) is 31.2 Å². The molecule has 5 heteroatoms. The third-order valence-corrected chi connectivity index (χ3v) is 2.97. The molecule has 2 unspecified atom stereocenters. The van der Waals surface area contributed by atoms with Gasteiger partial charge in [-0.15, -0.1) is 0 Å². The van der Waals surface area contributed by atoms with Crippen LogP contribution in [0.5, 0.6) is 0 Å². The van der Waals surface area contributed by atoms with Gasteiger partial charge in [-0.25, -0.2) is 0 Å². The van der Waals surface area contributed by atoms with Gasteiger partial charge in [0, 0.05) is 17.1 Å². The van der Waals surface area contributed by atoms with Crippen molar-refractivity contribution in [1.29, 1.82) is 0 Å². The molecule has 0 amide bonds. The molecule has 0 saturated carbocycles. The maximum absolute atomic E-state index is 10.4. The summed E-state index contributed by atoms with van der Waals surface area (Å²) in [6.45, 7) is 2.24. The van der Waals surface area contributed by atoms with Crippen molar-refractivity contribution in [2.45, 2.75) is 25.5 Å². The summed E-state index contributed by atoms with van der Waals surface area (Å²) in [5.74, 6) is -0.990. The van der Waals surface area contributed by atoms with Crippen molar-refractivity contribution < 1.29 is 15.0 Å². The number of hydrogen-bond donors (Lipinski definition) is 3. The fourth-order valence-electron chi connectivity index (χ4n) is 1.46. The van der Waals surface area contributed by atoms with Crippen molar-refractivity contribution in [3.8, 4) is 0 Å². The van der Waals surface area contributed by atoms with Gasteiger partial charge in [0.1, 0.15) is 0 Å². The van der Waals surface area contributed by atoms with E-state index in [1.165, 1.54) is 0 Å². The molecule has 0 heterocycles. The van der Waals surface area contributed by atoms with Crippen molar-refractivity contribution >= 4 is 21.9 Å². The maximum atomic E-state index is 10.4. The first-order valence-electron chi connectivity index (χ1n) is 5.37. The minimum atomic E-state index is -0.990. The van der Waals surface area contributed by atoms with E-state index in [-0.39, 0.29) is 19.0 Å². The van der Waals surface area contributed by atoms with Crippen LogP contribution < -0.4 is 5.32 Å². The van der Waals surface area contributed by atoms with Gasteiger partial charge in [0.15, 0.2) is 0 Å². The number of rotatable bonds is 6. The lowest BCUT2D eigenvalue weighted by molar-refractivity contribution is -0.139. The molecule has 0 spiro atoms. The fraction of sp³-hybridized carbons (Fsp3) is 0.417. The van der Waals surface area contributed by atoms with Gasteiger partial charge in [-0.3, -0.25) is 4.79 Å². The molecule has 0 aliphatic carbocycles. The number of carbonyl (C=O) groups is 1. The van der Waals surface area contributed by atoms with Gasteiger partial charge >= 0.3 is 5.97 Å². The minimum Gasteiger partial charge on any atom is -0.481 e. The second-order valence-corrected chi connectivity index (χ2v) is 4.85. The Morgan fingerprint density at radius 1 is 1.41 bits per heavy atom. The van der Waals surface area contributed by atoms with Crippen molar-refractivity contribution in [2.24, 2.45) is 0 Å². The average Bonchev–Trinajstić information content (AvgIpc) is 2.26. The molecule has 0 aromatic heterocycles. The number of aliphatic hydroxyl groups is 1. The molecule has 1 aromatic carbocycles. The van der Waals surface area contributed by atoms with E-state index in [1.54, 1.807) is 0 Å². The molecule has 0 aliphatic rings. The van der Waals surface area contributed by atoms with Crippen LogP contribution in [0.2, 0.25) is 0 Å². The molecule has 3 N–H and O–H groups in total. The molecular formula is C12H16BrNO3. The number of halogens is 1. The maximum Gasteiger partial charge on any atom is 0.306 e. The van der Waals surface area contributed by atoms with Crippen LogP contribution in [0.15, 0.2) is 28.7 Å². The van der Waals surface area contributed by atoms with Crippen LogP contribution in [0.25, 0.3) is 0 Å². The molecular weight excluding hydrogens is 286 g/mol. The van der Waals surface area contributed by atoms with Crippen molar-refractivity contribution in [2.75, 3.05) is 6.54 Å². The number of hydrogen-bond acceptors (Lipinski definition) is 3. The van der Waals surface area contributed by atoms with E-state index < -0.39 is 12.1 Å². The van der Waals surface area contributed by atoms with E-state index in [9.17, 15) is 9.90 Å². The van der Waals surface area contributed by atoms with E-state index in [4.69, 9.17) is 5.11 Å². The summed E-state index contributed by atoms with van der Waals surface area (Å²) < 4.78 is 1.01. The van der Waals surface area contributed by atoms with Crippen LogP contribution in [-0.4, -0.2) is 28.8 Å². The summed E-state index contributed by atoms with van der Waals surface area (Å²) in [7, 11) is 0. The number of aliphatic hydroxyl groups excluding tert-OH is 1. The van der Waals surface area contributed by atoms with Gasteiger partial charge in [-0.2, -0.15) is 0 Å². The number of nitrogens with one attached hydrogen (secondary N) is 1. The first kappa shape index (κ1) is 14.2. The highest BCUT2D eigenvalue weighted by Crippen LogP contribution is 2.16. The van der Waals surface area contributed by atoms with Gasteiger partial charge in [0.05, 0.1) is 12.5 Å². The van der Waals surface area contributed by atoms with E-state index in [0.29, 0.717) is 0 Å². The Kier molecular flexibility index (Phi) is 5.61. The molecule has 94 valence electrons. The topological polar surface area (TPSA) is 69.6 Å². The number of carboxylic acid groups (broad SMARTS) is 1. The Labute approximate surface area is 109 Å². The van der Waals surface area contributed by atoms with Crippen LogP contribution in [0, 0.1) is 0 Å². The smallest absolute Gasteiger partial charge is 0.306 e. The van der Waals surface area contributed by atoms with Gasteiger partial charge in [-0.05, 0) is 24.6 Å². The Morgan fingerprint density at radius 2 is 2.00 bits per heavy atom. The molecule has 0 aliphatic heterocycles. The number of benzene rings is 1. The molecule has 0 bridgehead atoms. The predicted molar refractivity (Wildman–Crippen MR) is 68.8 cm³/mol. The Morgan fingerprint density at radius 3 is 2.53 bits per heavy atom. The minimum absolute atomic E-state index is 0.0755. The van der Waals surface area contributed by atoms with Crippen LogP contribution in [-0.2, 0) is 4.79 Å². The lowest BCUT2D eigenvalue weighted by atomic mass is 10.1. The summed E-state index contributed by atoms with van der Waals surface area (Å²) in [5, 5.41) is 21.0. The Balaban J connectivity index is 2.41. The molecule has 1 aromatic rings. The van der Waals surface area contributed by atoms with Crippen molar-refractivity contribution in [1.82, 2.24) is 5.32 Å². The summed E-state index contributed by atoms with van der Waals surface area (Å²) in [6, 6.07) is 7.92. The molecule has 0 radical (unpaired) electrons. The highest BCUT2D eigenvalue weighted by Gasteiger charge is 2.11. The largest absolute Gasteiger partial charge is 0.481 e. The van der Waals surface area contributed by atoms with Crippen LogP contribution in [0.1, 0.15) is 24.9 Å². The zero-order chi connectivity index (χ0) is 12.8. The number of aliphatic carboxylic acids is 1. The summed E-state index contributed by atoms with van der Waals surface area (Å²) in [6.07, 6.45) is -1.09. The fourth-order valence-corrected chi connectivity index (χ4v) is 1.72. The van der Waals surface area contributed by atoms with Crippen molar-refractivity contribution in [3.05, 3.63) is 34.3 Å². The zero-order valence-electron chi connectivity index (χ0n) is 9.56. The third kappa shape index (κ3) is 5.30. The second-order valence-electron chi connectivity index (χ2n) is 3.93. The normalized spacial score (nSPS) is 14.3. The summed E-state index contributed by atoms with van der Waals surface area (Å²) >= 11 is 3.36. The molecule has 0 saturated heterocycles. The van der Waals surface area contributed by atoms with Crippen LogP contribution >= 0.6 is 15.9 Å². The molecule has 0 fully saturated rings. The third-order valence-electron chi connectivity index (χ3n) is 2.44. The Hall–Kier alpha value is -0.910. The van der Waals surface area contributed by atoms with Crippen molar-refractivity contribution in [3.63, 3.8) is 0 Å². The van der Waals surface area contributed by atoms with E-state index >= 15 is 0 Å². The quantitative estimate of drug-likeness (QED) is 0.751. The lowest BCUT2D eigenvalue weighted by Crippen LogP contribution is -2.30. The first-order valence-corrected chi connectivity index (χ1v) is 6.17. The van der Waals surface area contributed by atoms with Gasteiger partial charge in [0.2, 0.25) is 0 Å². The predicted octanol–water partition coefficient (Wildman–Crippen LogP) is 1.94. The van der Waals surface area contributed by atoms with E-state index in [0.717, 1.165) is 10.0 Å². The first-order chi connectivity index (χ1) is 7.99. The SMILES string of the molecule is CC(NCC(O)CC(=O)O)c1ccc(Br)cc1. The van der Waals surface area contributed by atoms with Gasteiger partial charge in [-0.1, -0.05) is 28.1 Å². The monoisotopic (exact) mass is 301 g/mol. The summed E-state index contributed by atoms with van der Waals surface area (Å²) in [4.78, 5) is 10.4. The lowest BCUT2D eigenvalue weighted by Gasteiger charge is -2.16. The second kappa shape index (κ2) is 6.74. The molecule has 4 nitrogen and oxygen atoms in total. The number of carboxylic acids is 1. The Bertz CT molecular complexity index is 367. The molecule has 1 rings (SSSR count). The standard InChI is InChI=1S/C12H16BrNO3/c1-8(9-2-4-10(13)5-3-9)14-7-11(15)6-12(16)17/h2-5,8,11,14-15H,6-7H2,1H3,(H,16,17). The molecule has 17 heavy (non-hydrogen) atoms. The highest BCUT2D eigenvalue weighted by molar-refractivity contribution is 9.10. The highest BCUT2D eigenvalue weighted by atomic mass is 79.9. The van der Waals surface area contributed by atoms with Crippen LogP contribution in [0.3, 0.4) is 0 Å². The zero-order valence-corrected chi connectivity index (χ0v) is 11.1. The van der Waals surface area contributed by atoms with E-state index in [2.05, 4.69) is 21.2 Å². The van der Waals surface area contributed by atoms with Gasteiger partial charge < -0.3 is 15.5 Å². The van der Waals surface area contributed by atoms with Crippen LogP contribution in [0.4, 0.5) is 0 Å². The van der Waals surface area contributed by atoms with Gasteiger partial charge in [0.25, 0.3) is 0 Å². The average molecular weight is 302 g/mol. The summed E-state index contributed by atoms with van der Waals surface area (Å²) in [5.41, 5.74) is 1.09. The molecule has 2 atom stereocenters.